The Morgan fingerprint density at radius 1 is 0.931 bits per heavy atom. The molecule has 3 N–H and O–H groups in total. The van der Waals surface area contributed by atoms with Gasteiger partial charge in [0.05, 0.1) is 0 Å². The van der Waals surface area contributed by atoms with Crippen molar-refractivity contribution in [3.63, 3.8) is 0 Å². The summed E-state index contributed by atoms with van der Waals surface area (Å²) >= 11 is 11.9. The van der Waals surface area contributed by atoms with Crippen LogP contribution in [-0.2, 0) is 4.79 Å². The fourth-order valence-electron chi connectivity index (χ4n) is 3.82. The van der Waals surface area contributed by atoms with Gasteiger partial charge in [0.2, 0.25) is 5.91 Å². The molecule has 0 heterocycles. The van der Waals surface area contributed by atoms with Crippen molar-refractivity contribution in [1.82, 2.24) is 5.32 Å². The molecule has 0 saturated heterocycles. The smallest absolute Gasteiger partial charge is 0.217 e. The summed E-state index contributed by atoms with van der Waals surface area (Å²) in [5.41, 5.74) is 7.72. The van der Waals surface area contributed by atoms with Gasteiger partial charge >= 0.3 is 0 Å². The molecule has 29 heavy (non-hydrogen) atoms. The number of nitrogens with two attached hydrogens (primary N) is 1. The fraction of sp³-hybridized carbons (Fsp3) is 0.409. The molecule has 0 unspecified atom stereocenters. The molecule has 0 aliphatic heterocycles. The summed E-state index contributed by atoms with van der Waals surface area (Å²) in [7, 11) is 0. The molecule has 0 spiro atoms. The summed E-state index contributed by atoms with van der Waals surface area (Å²) in [6.45, 7) is 1.50. The molecule has 2 aliphatic rings. The molecule has 1 amide bonds. The van der Waals surface area contributed by atoms with E-state index in [-0.39, 0.29) is 35.5 Å². The van der Waals surface area contributed by atoms with Gasteiger partial charge in [-0.15, -0.1) is 0 Å². The molecule has 3 nitrogen and oxygen atoms in total. The Bertz CT molecular complexity index is 893. The normalized spacial score (nSPS) is 25.2. The zero-order valence-electron chi connectivity index (χ0n) is 16.1. The van der Waals surface area contributed by atoms with Crippen LogP contribution in [0.2, 0.25) is 10.0 Å². The second-order valence-corrected chi connectivity index (χ2v) is 8.48. The third-order valence-corrected chi connectivity index (χ3v) is 6.37. The lowest BCUT2D eigenvalue weighted by Crippen LogP contribution is -2.44. The molecule has 2 fully saturated rings. The lowest BCUT2D eigenvalue weighted by Gasteiger charge is -2.37. The minimum Gasteiger partial charge on any atom is -0.353 e. The van der Waals surface area contributed by atoms with Crippen LogP contribution in [0.5, 0.6) is 0 Å². The summed E-state index contributed by atoms with van der Waals surface area (Å²) in [6, 6.07) is 9.29. The highest BCUT2D eigenvalue weighted by Gasteiger charge is 2.34. The molecular weight excluding hydrogens is 417 g/mol. The summed E-state index contributed by atoms with van der Waals surface area (Å²) in [4.78, 5) is 11.0. The van der Waals surface area contributed by atoms with Gasteiger partial charge in [-0.25, -0.2) is 8.78 Å². The maximum Gasteiger partial charge on any atom is 0.217 e. The minimum absolute atomic E-state index is 0.0343. The Morgan fingerprint density at radius 2 is 1.45 bits per heavy atom. The van der Waals surface area contributed by atoms with Crippen LogP contribution in [0.4, 0.5) is 8.78 Å². The Balaban J connectivity index is 0.000000169. The van der Waals surface area contributed by atoms with Crippen LogP contribution < -0.4 is 11.1 Å². The van der Waals surface area contributed by atoms with Gasteiger partial charge in [-0.1, -0.05) is 35.3 Å². The molecule has 2 aliphatic carbocycles. The van der Waals surface area contributed by atoms with Crippen molar-refractivity contribution < 1.29 is 13.6 Å². The Hall–Kier alpha value is -1.69. The molecule has 0 aromatic heterocycles. The first kappa shape index (κ1) is 22.0. The summed E-state index contributed by atoms with van der Waals surface area (Å²) in [6.07, 6.45) is 4.04. The van der Waals surface area contributed by atoms with Crippen molar-refractivity contribution >= 4 is 29.1 Å². The third kappa shape index (κ3) is 5.27. The van der Waals surface area contributed by atoms with Gasteiger partial charge in [-0.05, 0) is 61.1 Å². The van der Waals surface area contributed by atoms with Crippen molar-refractivity contribution in [3.8, 4) is 0 Å². The van der Waals surface area contributed by atoms with Gasteiger partial charge < -0.3 is 11.1 Å². The van der Waals surface area contributed by atoms with Gasteiger partial charge in [0.15, 0.2) is 0 Å². The molecule has 4 rings (SSSR count). The van der Waals surface area contributed by atoms with E-state index in [0.717, 1.165) is 36.8 Å². The highest BCUT2D eigenvalue weighted by atomic mass is 35.5. The number of nitrogens with one attached hydrogen (secondary N) is 1. The summed E-state index contributed by atoms with van der Waals surface area (Å²) in [5.74, 6) is -0.108. The highest BCUT2D eigenvalue weighted by Crippen LogP contribution is 2.40. The summed E-state index contributed by atoms with van der Waals surface area (Å²) in [5, 5.41) is 3.82. The molecule has 2 aromatic rings. The van der Waals surface area contributed by atoms with Crippen LogP contribution in [0.1, 0.15) is 55.6 Å². The van der Waals surface area contributed by atoms with E-state index in [2.05, 4.69) is 5.32 Å². The standard InChI is InChI=1S/C12H13ClFNO.C10H11ClFN/c1-7(16)15-12-5-4-10(12)9-3-2-8(14)6-11(9)13;11-9-5-6(12)1-2-7(9)8-3-4-10(8)13/h2-3,6,10,12H,4-5H2,1H3,(H,15,16);1-2,5,8,10H,3-4,13H2/t10-,12-;8-,10-/m00/s1. The average Bonchev–Trinajstić information content (AvgIpc) is 2.62. The van der Waals surface area contributed by atoms with Crippen molar-refractivity contribution in [2.24, 2.45) is 5.73 Å². The van der Waals surface area contributed by atoms with Crippen LogP contribution >= 0.6 is 23.2 Å². The van der Waals surface area contributed by atoms with Crippen LogP contribution in [0.15, 0.2) is 36.4 Å². The molecule has 0 radical (unpaired) electrons. The second-order valence-electron chi connectivity index (χ2n) is 7.67. The SMILES string of the molecule is CC(=O)N[C@H]1CC[C@H]1c1ccc(F)cc1Cl.N[C@H]1CC[C@H]1c1ccc(F)cc1Cl. The zero-order valence-corrected chi connectivity index (χ0v) is 17.6. The van der Waals surface area contributed by atoms with Crippen molar-refractivity contribution in [3.05, 3.63) is 69.2 Å². The Kier molecular flexibility index (Phi) is 7.14. The van der Waals surface area contributed by atoms with E-state index in [1.807, 2.05) is 0 Å². The number of halogens is 4. The van der Waals surface area contributed by atoms with E-state index in [1.54, 1.807) is 12.1 Å². The Labute approximate surface area is 179 Å². The molecule has 156 valence electrons. The van der Waals surface area contributed by atoms with E-state index in [9.17, 15) is 13.6 Å². The number of carbonyl (C=O) groups is 1. The predicted molar refractivity (Wildman–Crippen MR) is 112 cm³/mol. The number of hydrogen-bond acceptors (Lipinski definition) is 2. The van der Waals surface area contributed by atoms with E-state index < -0.39 is 0 Å². The molecule has 2 aromatic carbocycles. The lowest BCUT2D eigenvalue weighted by atomic mass is 9.75. The first-order valence-electron chi connectivity index (χ1n) is 9.69. The topological polar surface area (TPSA) is 55.1 Å². The number of rotatable bonds is 3. The van der Waals surface area contributed by atoms with Crippen LogP contribution in [0.25, 0.3) is 0 Å². The highest BCUT2D eigenvalue weighted by molar-refractivity contribution is 6.31. The summed E-state index contributed by atoms with van der Waals surface area (Å²) < 4.78 is 25.6. The predicted octanol–water partition coefficient (Wildman–Crippen LogP) is 5.55. The van der Waals surface area contributed by atoms with Crippen molar-refractivity contribution in [2.75, 3.05) is 0 Å². The van der Waals surface area contributed by atoms with Crippen molar-refractivity contribution in [2.45, 2.75) is 56.5 Å². The van der Waals surface area contributed by atoms with Crippen LogP contribution in [-0.4, -0.2) is 18.0 Å². The van der Waals surface area contributed by atoms with E-state index in [1.165, 1.54) is 31.2 Å². The molecule has 4 atom stereocenters. The monoisotopic (exact) mass is 440 g/mol. The fourth-order valence-corrected chi connectivity index (χ4v) is 4.44. The molecule has 2 saturated carbocycles. The number of benzene rings is 2. The van der Waals surface area contributed by atoms with E-state index in [0.29, 0.717) is 16.0 Å². The number of hydrogen-bond donors (Lipinski definition) is 2. The average molecular weight is 441 g/mol. The minimum atomic E-state index is -0.329. The number of carbonyl (C=O) groups excluding carboxylic acids is 1. The van der Waals surface area contributed by atoms with Crippen molar-refractivity contribution in [1.29, 1.82) is 0 Å². The largest absolute Gasteiger partial charge is 0.353 e. The third-order valence-electron chi connectivity index (χ3n) is 5.71. The lowest BCUT2D eigenvalue weighted by molar-refractivity contribution is -0.120. The second kappa shape index (κ2) is 9.41. The van der Waals surface area contributed by atoms with Gasteiger partial charge in [0.25, 0.3) is 0 Å². The molecule has 7 heteroatoms. The van der Waals surface area contributed by atoms with E-state index >= 15 is 0 Å². The molecule has 0 bridgehead atoms. The van der Waals surface area contributed by atoms with Crippen LogP contribution in [0, 0.1) is 11.6 Å². The quantitative estimate of drug-likeness (QED) is 0.657. The molecular formula is C22H24Cl2F2N2O. The maximum atomic E-state index is 12.9. The number of amides is 1. The first-order chi connectivity index (χ1) is 13.8. The van der Waals surface area contributed by atoms with E-state index in [4.69, 9.17) is 28.9 Å². The van der Waals surface area contributed by atoms with Gasteiger partial charge in [0.1, 0.15) is 11.6 Å². The van der Waals surface area contributed by atoms with Gasteiger partial charge in [-0.3, -0.25) is 4.79 Å². The zero-order chi connectivity index (χ0) is 21.1. The maximum absolute atomic E-state index is 12.9. The Morgan fingerprint density at radius 3 is 1.79 bits per heavy atom. The first-order valence-corrected chi connectivity index (χ1v) is 10.4. The van der Waals surface area contributed by atoms with Crippen LogP contribution in [0.3, 0.4) is 0 Å². The van der Waals surface area contributed by atoms with Gasteiger partial charge in [-0.2, -0.15) is 0 Å². The van der Waals surface area contributed by atoms with Gasteiger partial charge in [0, 0.05) is 40.9 Å².